The van der Waals surface area contributed by atoms with Crippen LogP contribution in [0.2, 0.25) is 0 Å². The molecule has 0 bridgehead atoms. The van der Waals surface area contributed by atoms with Gasteiger partial charge in [0, 0.05) is 25.2 Å². The van der Waals surface area contributed by atoms with E-state index in [2.05, 4.69) is 15.2 Å². The fraction of sp³-hybridized carbons (Fsp3) is 0.933. The number of hydrogen-bond acceptors (Lipinski definition) is 3. The number of likely N-dealkylation sites (tertiary alicyclic amines) is 1. The topological polar surface area (TPSA) is 62.9 Å². The zero-order valence-corrected chi connectivity index (χ0v) is 12.4. The number of nitrogens with one attached hydrogen (secondary N) is 1. The third-order valence-electron chi connectivity index (χ3n) is 4.70. The molecule has 3 rings (SSSR count). The normalized spacial score (nSPS) is 32.5. The van der Waals surface area contributed by atoms with Gasteiger partial charge in [-0.05, 0) is 45.1 Å². The molecule has 20 heavy (non-hydrogen) atoms. The molecule has 0 aromatic heterocycles. The quantitative estimate of drug-likeness (QED) is 0.584. The summed E-state index contributed by atoms with van der Waals surface area (Å²) in [6, 6.07) is 1.45. The summed E-state index contributed by atoms with van der Waals surface area (Å²) >= 11 is 0. The molecule has 114 valence electrons. The van der Waals surface area contributed by atoms with Crippen molar-refractivity contribution in [2.75, 3.05) is 26.2 Å². The van der Waals surface area contributed by atoms with E-state index in [4.69, 9.17) is 10.5 Å². The maximum Gasteiger partial charge on any atom is 0.188 e. The molecule has 3 N–H and O–H groups in total. The molecular weight excluding hydrogens is 252 g/mol. The fourth-order valence-corrected chi connectivity index (χ4v) is 3.39. The van der Waals surface area contributed by atoms with E-state index < -0.39 is 0 Å². The molecule has 1 aliphatic carbocycles. The van der Waals surface area contributed by atoms with Crippen LogP contribution in [0.25, 0.3) is 0 Å². The van der Waals surface area contributed by atoms with E-state index in [0.29, 0.717) is 18.1 Å². The fourth-order valence-electron chi connectivity index (χ4n) is 3.39. The van der Waals surface area contributed by atoms with E-state index in [-0.39, 0.29) is 0 Å². The third kappa shape index (κ3) is 3.85. The van der Waals surface area contributed by atoms with Crippen LogP contribution in [0.1, 0.15) is 44.9 Å². The van der Waals surface area contributed by atoms with E-state index in [1.54, 1.807) is 0 Å². The van der Waals surface area contributed by atoms with Crippen LogP contribution in [0.3, 0.4) is 0 Å². The van der Waals surface area contributed by atoms with Gasteiger partial charge < -0.3 is 15.8 Å². The van der Waals surface area contributed by atoms with Crippen molar-refractivity contribution in [3.05, 3.63) is 0 Å². The first-order valence-corrected chi connectivity index (χ1v) is 8.24. The van der Waals surface area contributed by atoms with E-state index in [1.165, 1.54) is 45.1 Å². The highest BCUT2D eigenvalue weighted by molar-refractivity contribution is 5.77. The third-order valence-corrected chi connectivity index (χ3v) is 4.70. The first kappa shape index (κ1) is 14.1. The number of rotatable bonds is 5. The first-order chi connectivity index (χ1) is 9.83. The smallest absolute Gasteiger partial charge is 0.188 e. The Balaban J connectivity index is 1.42. The van der Waals surface area contributed by atoms with Crippen LogP contribution in [0, 0.1) is 0 Å². The van der Waals surface area contributed by atoms with Gasteiger partial charge in [0.1, 0.15) is 0 Å². The molecule has 2 unspecified atom stereocenters. The Morgan fingerprint density at radius 2 is 2.10 bits per heavy atom. The Hall–Kier alpha value is -0.810. The average molecular weight is 280 g/mol. The highest BCUT2D eigenvalue weighted by Gasteiger charge is 2.34. The molecule has 0 amide bonds. The largest absolute Gasteiger partial charge is 0.376 e. The number of piperidine rings is 1. The van der Waals surface area contributed by atoms with Crippen molar-refractivity contribution in [2.45, 2.75) is 63.1 Å². The molecule has 2 aliphatic heterocycles. The number of guanidine groups is 1. The molecule has 2 saturated heterocycles. The summed E-state index contributed by atoms with van der Waals surface area (Å²) in [6.07, 6.45) is 9.36. The van der Waals surface area contributed by atoms with Crippen LogP contribution in [-0.2, 0) is 4.74 Å². The SMILES string of the molecule is NC(=NCC1CCCCN1C1CC1)NCC1CCCO1. The van der Waals surface area contributed by atoms with Gasteiger partial charge in [-0.15, -0.1) is 0 Å². The molecule has 5 nitrogen and oxygen atoms in total. The van der Waals surface area contributed by atoms with Crippen LogP contribution < -0.4 is 11.1 Å². The van der Waals surface area contributed by atoms with Crippen molar-refractivity contribution in [1.29, 1.82) is 0 Å². The number of nitrogens with two attached hydrogens (primary N) is 1. The minimum atomic E-state index is 0.321. The summed E-state index contributed by atoms with van der Waals surface area (Å²) in [5, 5.41) is 3.21. The van der Waals surface area contributed by atoms with Gasteiger partial charge in [-0.3, -0.25) is 9.89 Å². The van der Waals surface area contributed by atoms with Crippen molar-refractivity contribution in [2.24, 2.45) is 10.7 Å². The van der Waals surface area contributed by atoms with Crippen molar-refractivity contribution >= 4 is 5.96 Å². The maximum atomic E-state index is 5.97. The number of nitrogens with zero attached hydrogens (tertiary/aromatic N) is 2. The lowest BCUT2D eigenvalue weighted by Crippen LogP contribution is -2.44. The summed E-state index contributed by atoms with van der Waals surface area (Å²) < 4.78 is 5.57. The van der Waals surface area contributed by atoms with E-state index >= 15 is 0 Å². The van der Waals surface area contributed by atoms with E-state index in [1.807, 2.05) is 0 Å². The number of hydrogen-bond donors (Lipinski definition) is 2. The second-order valence-corrected chi connectivity index (χ2v) is 6.36. The van der Waals surface area contributed by atoms with Gasteiger partial charge in [0.2, 0.25) is 0 Å². The van der Waals surface area contributed by atoms with Gasteiger partial charge in [-0.2, -0.15) is 0 Å². The van der Waals surface area contributed by atoms with Gasteiger partial charge in [-0.1, -0.05) is 6.42 Å². The zero-order valence-electron chi connectivity index (χ0n) is 12.4. The second kappa shape index (κ2) is 6.76. The van der Waals surface area contributed by atoms with Gasteiger partial charge in [0.25, 0.3) is 0 Å². The van der Waals surface area contributed by atoms with Gasteiger partial charge in [-0.25, -0.2) is 0 Å². The molecule has 0 radical (unpaired) electrons. The molecule has 3 fully saturated rings. The Bertz CT molecular complexity index is 337. The first-order valence-electron chi connectivity index (χ1n) is 8.24. The standard InChI is InChI=1S/C15H28N4O/c16-15(18-11-14-5-3-9-20-14)17-10-13-4-1-2-8-19(13)12-6-7-12/h12-14H,1-11H2,(H3,16,17,18). The van der Waals surface area contributed by atoms with Crippen molar-refractivity contribution in [3.8, 4) is 0 Å². The minimum Gasteiger partial charge on any atom is -0.376 e. The molecule has 5 heteroatoms. The second-order valence-electron chi connectivity index (χ2n) is 6.36. The predicted octanol–water partition coefficient (Wildman–Crippen LogP) is 1.09. The molecular formula is C15H28N4O. The van der Waals surface area contributed by atoms with E-state index in [0.717, 1.165) is 32.2 Å². The molecule has 1 saturated carbocycles. The van der Waals surface area contributed by atoms with Crippen molar-refractivity contribution in [1.82, 2.24) is 10.2 Å². The molecule has 0 aromatic carbocycles. The molecule has 0 aromatic rings. The molecule has 3 aliphatic rings. The summed E-state index contributed by atoms with van der Waals surface area (Å²) in [7, 11) is 0. The maximum absolute atomic E-state index is 5.97. The Labute approximate surface area is 121 Å². The van der Waals surface area contributed by atoms with Crippen molar-refractivity contribution in [3.63, 3.8) is 0 Å². The lowest BCUT2D eigenvalue weighted by molar-refractivity contribution is 0.114. The van der Waals surface area contributed by atoms with Gasteiger partial charge >= 0.3 is 0 Å². The predicted molar refractivity (Wildman–Crippen MR) is 80.8 cm³/mol. The lowest BCUT2D eigenvalue weighted by Gasteiger charge is -2.35. The van der Waals surface area contributed by atoms with Gasteiger partial charge in [0.15, 0.2) is 5.96 Å². The Morgan fingerprint density at radius 1 is 1.20 bits per heavy atom. The van der Waals surface area contributed by atoms with Crippen LogP contribution >= 0.6 is 0 Å². The average Bonchev–Trinajstić information content (AvgIpc) is 3.19. The molecule has 2 atom stereocenters. The number of ether oxygens (including phenoxy) is 1. The minimum absolute atomic E-state index is 0.321. The van der Waals surface area contributed by atoms with Crippen LogP contribution in [0.4, 0.5) is 0 Å². The lowest BCUT2D eigenvalue weighted by atomic mass is 10.0. The zero-order chi connectivity index (χ0) is 13.8. The highest BCUT2D eigenvalue weighted by Crippen LogP contribution is 2.32. The Morgan fingerprint density at radius 3 is 2.85 bits per heavy atom. The molecule has 2 heterocycles. The number of aliphatic imine (C=N–C) groups is 1. The summed E-state index contributed by atoms with van der Waals surface area (Å²) in [5.74, 6) is 0.585. The van der Waals surface area contributed by atoms with E-state index in [9.17, 15) is 0 Å². The Kier molecular flexibility index (Phi) is 4.78. The monoisotopic (exact) mass is 280 g/mol. The van der Waals surface area contributed by atoms with Crippen LogP contribution in [0.5, 0.6) is 0 Å². The van der Waals surface area contributed by atoms with Gasteiger partial charge in [0.05, 0.1) is 12.6 Å². The molecule has 0 spiro atoms. The summed E-state index contributed by atoms with van der Waals surface area (Å²) in [6.45, 7) is 3.79. The highest BCUT2D eigenvalue weighted by atomic mass is 16.5. The van der Waals surface area contributed by atoms with Crippen LogP contribution in [0.15, 0.2) is 4.99 Å². The summed E-state index contributed by atoms with van der Waals surface area (Å²) in [4.78, 5) is 7.22. The van der Waals surface area contributed by atoms with Crippen LogP contribution in [-0.4, -0.2) is 55.3 Å². The summed E-state index contributed by atoms with van der Waals surface area (Å²) in [5.41, 5.74) is 5.97. The van der Waals surface area contributed by atoms with Crippen molar-refractivity contribution < 1.29 is 4.74 Å².